The summed E-state index contributed by atoms with van der Waals surface area (Å²) in [5.74, 6) is 0.272. The van der Waals surface area contributed by atoms with Crippen LogP contribution in [0.3, 0.4) is 0 Å². The largest absolute Gasteiger partial charge is 0.474 e. The predicted molar refractivity (Wildman–Crippen MR) is 111 cm³/mol. The highest BCUT2D eigenvalue weighted by molar-refractivity contribution is 7.91. The molecule has 0 spiro atoms. The van der Waals surface area contributed by atoms with Crippen molar-refractivity contribution in [2.75, 3.05) is 19.0 Å². The van der Waals surface area contributed by atoms with Gasteiger partial charge in [-0.2, -0.15) is 5.10 Å². The molecule has 0 radical (unpaired) electrons. The lowest BCUT2D eigenvalue weighted by Gasteiger charge is -2.23. The van der Waals surface area contributed by atoms with Gasteiger partial charge in [-0.3, -0.25) is 0 Å². The van der Waals surface area contributed by atoms with Crippen LogP contribution in [-0.2, 0) is 46.9 Å². The van der Waals surface area contributed by atoms with Crippen LogP contribution in [0.5, 0.6) is 5.88 Å². The van der Waals surface area contributed by atoms with E-state index in [-0.39, 0.29) is 16.9 Å². The average molecular weight is 432 g/mol. The van der Waals surface area contributed by atoms with Crippen molar-refractivity contribution >= 4 is 21.6 Å². The number of rotatable bonds is 3. The Bertz CT molecular complexity index is 1120. The van der Waals surface area contributed by atoms with Gasteiger partial charge in [-0.05, 0) is 60.8 Å². The second-order valence-corrected chi connectivity index (χ2v) is 9.75. The summed E-state index contributed by atoms with van der Waals surface area (Å²) in [5, 5.41) is 13.1. The molecule has 3 N–H and O–H groups in total. The number of carbonyl (C=O) groups is 1. The molecule has 30 heavy (non-hydrogen) atoms. The summed E-state index contributed by atoms with van der Waals surface area (Å²) in [7, 11) is -1.93. The number of carbonyl (C=O) groups excluding carboxylic acids is 1. The van der Waals surface area contributed by atoms with E-state index < -0.39 is 15.9 Å². The summed E-state index contributed by atoms with van der Waals surface area (Å²) in [6, 6.07) is 1.58. The second-order valence-electron chi connectivity index (χ2n) is 7.99. The van der Waals surface area contributed by atoms with Crippen molar-refractivity contribution in [3.8, 4) is 5.88 Å². The summed E-state index contributed by atoms with van der Waals surface area (Å²) in [4.78, 5) is 12.9. The van der Waals surface area contributed by atoms with Crippen LogP contribution >= 0.6 is 0 Å². The zero-order valence-corrected chi connectivity index (χ0v) is 17.7. The van der Waals surface area contributed by atoms with E-state index in [0.717, 1.165) is 44.2 Å². The molecule has 0 fully saturated rings. The molecule has 10 heteroatoms. The first-order chi connectivity index (χ1) is 14.5. The van der Waals surface area contributed by atoms with Gasteiger partial charge in [0.05, 0.1) is 12.7 Å². The molecule has 2 atom stereocenters. The van der Waals surface area contributed by atoms with E-state index in [1.807, 2.05) is 0 Å². The third-order valence-corrected chi connectivity index (χ3v) is 7.46. The number of nitrogens with two attached hydrogens (primary N) is 1. The number of urea groups is 1. The monoisotopic (exact) mass is 431 g/mol. The van der Waals surface area contributed by atoms with Gasteiger partial charge in [-0.25, -0.2) is 18.8 Å². The van der Waals surface area contributed by atoms with Gasteiger partial charge in [0.2, 0.25) is 5.88 Å². The Labute approximate surface area is 175 Å². The van der Waals surface area contributed by atoms with Crippen LogP contribution in [0.2, 0.25) is 0 Å². The highest BCUT2D eigenvalue weighted by Crippen LogP contribution is 2.38. The van der Waals surface area contributed by atoms with E-state index in [9.17, 15) is 9.00 Å². The molecule has 2 aliphatic carbocycles. The van der Waals surface area contributed by atoms with Gasteiger partial charge in [-0.15, -0.1) is 4.36 Å². The van der Waals surface area contributed by atoms with Crippen LogP contribution in [0.15, 0.2) is 21.5 Å². The number of ether oxygens (including phenoxy) is 2. The van der Waals surface area contributed by atoms with E-state index in [1.165, 1.54) is 33.1 Å². The topological polar surface area (TPSA) is 121 Å². The van der Waals surface area contributed by atoms with Crippen molar-refractivity contribution < 1.29 is 18.5 Å². The number of hydrogen-bond donors (Lipinski definition) is 2. The smallest absolute Gasteiger partial charge is 0.354 e. The number of hydrogen-bond acceptors (Lipinski definition) is 5. The number of nitrogens with one attached hydrogen (secondary N) is 1. The lowest BCUT2D eigenvalue weighted by molar-refractivity contribution is 0.0165. The SMILES string of the molecule is CO[C@H]1COc2c(S(N)(=O)=NC(=O)Nc3c4c(cc5c3CCC5)CCC4)cnn2C1. The van der Waals surface area contributed by atoms with Crippen LogP contribution < -0.4 is 15.2 Å². The molecule has 0 bridgehead atoms. The molecule has 160 valence electrons. The van der Waals surface area contributed by atoms with E-state index >= 15 is 0 Å². The van der Waals surface area contributed by atoms with Crippen molar-refractivity contribution in [2.45, 2.75) is 56.1 Å². The van der Waals surface area contributed by atoms with Crippen LogP contribution in [-0.4, -0.2) is 39.8 Å². The molecule has 1 aromatic heterocycles. The normalized spacial score (nSPS) is 21.2. The fourth-order valence-corrected chi connectivity index (χ4v) is 5.67. The van der Waals surface area contributed by atoms with Crippen LogP contribution in [0.4, 0.5) is 10.5 Å². The Balaban J connectivity index is 1.45. The minimum atomic E-state index is -3.52. The fourth-order valence-electron chi connectivity index (χ4n) is 4.66. The Hall–Kier alpha value is -2.43. The molecule has 2 aromatic rings. The lowest BCUT2D eigenvalue weighted by Crippen LogP contribution is -2.32. The van der Waals surface area contributed by atoms with Gasteiger partial charge in [0.1, 0.15) is 17.6 Å². The van der Waals surface area contributed by atoms with Gasteiger partial charge in [-0.1, -0.05) is 6.07 Å². The summed E-state index contributed by atoms with van der Waals surface area (Å²) < 4.78 is 29.4. The Morgan fingerprint density at radius 2 is 2.00 bits per heavy atom. The van der Waals surface area contributed by atoms with Gasteiger partial charge in [0.25, 0.3) is 0 Å². The molecule has 1 aromatic carbocycles. The molecule has 9 nitrogen and oxygen atoms in total. The zero-order valence-electron chi connectivity index (χ0n) is 16.8. The fraction of sp³-hybridized carbons (Fsp3) is 0.500. The van der Waals surface area contributed by atoms with Crippen LogP contribution in [0, 0.1) is 0 Å². The minimum absolute atomic E-state index is 0.121. The Kier molecular flexibility index (Phi) is 4.79. The summed E-state index contributed by atoms with van der Waals surface area (Å²) in [6.07, 6.45) is 7.27. The molecule has 2 heterocycles. The quantitative estimate of drug-likeness (QED) is 0.772. The van der Waals surface area contributed by atoms with Gasteiger partial charge in [0.15, 0.2) is 9.92 Å². The first-order valence-corrected chi connectivity index (χ1v) is 11.8. The molecule has 5 rings (SSSR count). The lowest BCUT2D eigenvalue weighted by atomic mass is 9.99. The van der Waals surface area contributed by atoms with Crippen molar-refractivity contribution in [1.82, 2.24) is 9.78 Å². The molecule has 3 aliphatic rings. The first-order valence-electron chi connectivity index (χ1n) is 10.2. The number of aromatic nitrogens is 2. The third-order valence-electron chi connectivity index (χ3n) is 6.11. The number of nitrogens with zero attached hydrogens (tertiary/aromatic N) is 3. The van der Waals surface area contributed by atoms with Gasteiger partial charge in [0, 0.05) is 12.8 Å². The van der Waals surface area contributed by atoms with Gasteiger partial charge >= 0.3 is 6.03 Å². The van der Waals surface area contributed by atoms with Crippen molar-refractivity contribution in [3.05, 3.63) is 34.5 Å². The standard InChI is InChI=1S/C20H25N5O4S/c1-28-14-10-25-19(29-11-14)17(9-22-25)30(21,27)24-20(26)23-18-15-6-2-4-12(15)8-13-5-3-7-16(13)18/h8-9,14H,2-7,10-11H2,1H3,(H3,21,23,24,26,27)/t14-,30?/m1/s1. The summed E-state index contributed by atoms with van der Waals surface area (Å²) in [6.45, 7) is 0.745. The first kappa shape index (κ1) is 19.5. The number of fused-ring (bicyclic) bond motifs is 3. The highest BCUT2D eigenvalue weighted by Gasteiger charge is 2.29. The number of methoxy groups -OCH3 is 1. The molecule has 1 unspecified atom stereocenters. The zero-order chi connectivity index (χ0) is 20.9. The third kappa shape index (κ3) is 3.28. The van der Waals surface area contributed by atoms with Crippen LogP contribution in [0.25, 0.3) is 0 Å². The van der Waals surface area contributed by atoms with E-state index in [4.69, 9.17) is 14.6 Å². The number of anilines is 1. The molecule has 0 saturated heterocycles. The Morgan fingerprint density at radius 1 is 1.30 bits per heavy atom. The number of benzene rings is 1. The van der Waals surface area contributed by atoms with Crippen LogP contribution in [0.1, 0.15) is 35.1 Å². The molecule has 2 amide bonds. The summed E-state index contributed by atoms with van der Waals surface area (Å²) in [5.41, 5.74) is 5.80. The maximum absolute atomic E-state index is 13.1. The highest BCUT2D eigenvalue weighted by atomic mass is 32.2. The van der Waals surface area contributed by atoms with Gasteiger partial charge < -0.3 is 14.8 Å². The molecular weight excluding hydrogens is 406 g/mol. The van der Waals surface area contributed by atoms with Crippen molar-refractivity contribution in [3.63, 3.8) is 0 Å². The minimum Gasteiger partial charge on any atom is -0.474 e. The van der Waals surface area contributed by atoms with E-state index in [1.54, 1.807) is 7.11 Å². The predicted octanol–water partition coefficient (Wildman–Crippen LogP) is 2.20. The summed E-state index contributed by atoms with van der Waals surface area (Å²) >= 11 is 0. The maximum Gasteiger partial charge on any atom is 0.354 e. The van der Waals surface area contributed by atoms with Crippen molar-refractivity contribution in [1.29, 1.82) is 0 Å². The molecule has 0 saturated carbocycles. The number of aryl methyl sites for hydroxylation is 2. The van der Waals surface area contributed by atoms with E-state index in [0.29, 0.717) is 13.2 Å². The average Bonchev–Trinajstić information content (AvgIpc) is 3.45. The second kappa shape index (κ2) is 7.36. The van der Waals surface area contributed by atoms with E-state index in [2.05, 4.69) is 20.8 Å². The maximum atomic E-state index is 13.1. The number of amides is 2. The molecule has 1 aliphatic heterocycles. The van der Waals surface area contributed by atoms with Crippen molar-refractivity contribution in [2.24, 2.45) is 9.50 Å². The molecular formula is C20H25N5O4S. The Morgan fingerprint density at radius 3 is 2.67 bits per heavy atom.